The van der Waals surface area contributed by atoms with E-state index >= 15 is 0 Å². The smallest absolute Gasteiger partial charge is 0.181 e. The first-order valence-electron chi connectivity index (χ1n) is 5.38. The number of carbonyl (C=O) groups is 1. The molecular weight excluding hydrogens is 224 g/mol. The number of nitrogens with one attached hydrogen (secondary N) is 1. The van der Waals surface area contributed by atoms with E-state index in [1.165, 1.54) is 0 Å². The molecule has 3 nitrogen and oxygen atoms in total. The lowest BCUT2D eigenvalue weighted by atomic mass is 10.0. The van der Waals surface area contributed by atoms with E-state index in [0.29, 0.717) is 10.6 Å². The number of benzene rings is 1. The van der Waals surface area contributed by atoms with Gasteiger partial charge >= 0.3 is 0 Å². The Morgan fingerprint density at radius 2 is 2.38 bits per heavy atom. The molecule has 86 valence electrons. The average Bonchev–Trinajstić information content (AvgIpc) is 2.28. The number of hydrogen-bond acceptors (Lipinski definition) is 3. The fourth-order valence-corrected chi connectivity index (χ4v) is 2.11. The van der Waals surface area contributed by atoms with E-state index in [2.05, 4.69) is 10.2 Å². The highest BCUT2D eigenvalue weighted by molar-refractivity contribution is 6.31. The summed E-state index contributed by atoms with van der Waals surface area (Å²) >= 11 is 5.87. The maximum absolute atomic E-state index is 12.1. The second kappa shape index (κ2) is 4.95. The van der Waals surface area contributed by atoms with Gasteiger partial charge in [-0.15, -0.1) is 0 Å². The molecule has 0 amide bonds. The number of ketones is 1. The van der Waals surface area contributed by atoms with Gasteiger partial charge in [-0.2, -0.15) is 0 Å². The van der Waals surface area contributed by atoms with Crippen molar-refractivity contribution in [2.45, 2.75) is 6.04 Å². The largest absolute Gasteiger partial charge is 0.305 e. The molecule has 1 aliphatic heterocycles. The minimum absolute atomic E-state index is 0.114. The van der Waals surface area contributed by atoms with Crippen LogP contribution in [0.25, 0.3) is 0 Å². The molecule has 16 heavy (non-hydrogen) atoms. The number of carbonyl (C=O) groups excluding carboxylic acids is 1. The van der Waals surface area contributed by atoms with Crippen molar-refractivity contribution < 1.29 is 4.79 Å². The molecule has 0 aliphatic carbocycles. The third-order valence-corrected chi connectivity index (χ3v) is 3.04. The number of likely N-dealkylation sites (N-methyl/N-ethyl adjacent to an activating group) is 1. The van der Waals surface area contributed by atoms with Crippen LogP contribution in [0.5, 0.6) is 0 Å². The van der Waals surface area contributed by atoms with Crippen LogP contribution in [-0.2, 0) is 0 Å². The number of piperazine rings is 1. The number of Topliss-reactive ketones (excluding diaryl/α,β-unsaturated/α-hetero) is 1. The number of nitrogens with zero attached hydrogens (tertiary/aromatic N) is 1. The second-order valence-electron chi connectivity index (χ2n) is 4.14. The third kappa shape index (κ3) is 2.61. The fourth-order valence-electron chi connectivity index (χ4n) is 1.92. The Morgan fingerprint density at radius 1 is 1.56 bits per heavy atom. The van der Waals surface area contributed by atoms with E-state index in [4.69, 9.17) is 11.6 Å². The molecular formula is C12H15ClN2O. The third-order valence-electron chi connectivity index (χ3n) is 2.80. The Kier molecular flexibility index (Phi) is 3.59. The minimum Gasteiger partial charge on any atom is -0.305 e. The first-order valence-corrected chi connectivity index (χ1v) is 5.76. The van der Waals surface area contributed by atoms with Crippen LogP contribution >= 0.6 is 11.6 Å². The lowest BCUT2D eigenvalue weighted by Gasteiger charge is -2.29. The molecule has 1 aromatic rings. The SMILES string of the molecule is CN1CCNC(C(=O)c2cccc(Cl)c2)C1. The molecule has 0 spiro atoms. The Labute approximate surface area is 100 Å². The Hall–Kier alpha value is -0.900. The maximum Gasteiger partial charge on any atom is 0.181 e. The zero-order valence-electron chi connectivity index (χ0n) is 9.24. The molecule has 0 aromatic heterocycles. The molecule has 1 aliphatic rings. The summed E-state index contributed by atoms with van der Waals surface area (Å²) < 4.78 is 0. The molecule has 4 heteroatoms. The lowest BCUT2D eigenvalue weighted by molar-refractivity contribution is 0.0894. The zero-order chi connectivity index (χ0) is 11.5. The maximum atomic E-state index is 12.1. The Bertz CT molecular complexity index is 394. The molecule has 0 saturated carbocycles. The highest BCUT2D eigenvalue weighted by Crippen LogP contribution is 2.13. The highest BCUT2D eigenvalue weighted by Gasteiger charge is 2.24. The second-order valence-corrected chi connectivity index (χ2v) is 4.58. The van der Waals surface area contributed by atoms with E-state index in [9.17, 15) is 4.79 Å². The van der Waals surface area contributed by atoms with E-state index in [1.807, 2.05) is 19.2 Å². The summed E-state index contributed by atoms with van der Waals surface area (Å²) in [6, 6.07) is 7.00. The van der Waals surface area contributed by atoms with Crippen LogP contribution in [0.15, 0.2) is 24.3 Å². The van der Waals surface area contributed by atoms with Crippen molar-refractivity contribution in [2.75, 3.05) is 26.7 Å². The molecule has 2 rings (SSSR count). The fraction of sp³-hybridized carbons (Fsp3) is 0.417. The predicted octanol–water partition coefficient (Wildman–Crippen LogP) is 1.43. The zero-order valence-corrected chi connectivity index (χ0v) is 10.00. The molecule has 1 aromatic carbocycles. The van der Waals surface area contributed by atoms with Crippen LogP contribution in [0, 0.1) is 0 Å². The summed E-state index contributed by atoms with van der Waals surface area (Å²) in [6.07, 6.45) is 0. The first-order chi connectivity index (χ1) is 7.66. The quantitative estimate of drug-likeness (QED) is 0.792. The number of halogens is 1. The standard InChI is InChI=1S/C12H15ClN2O/c1-15-6-5-14-11(8-15)12(16)9-3-2-4-10(13)7-9/h2-4,7,11,14H,5-6,8H2,1H3. The topological polar surface area (TPSA) is 32.3 Å². The van der Waals surface area contributed by atoms with Crippen molar-refractivity contribution in [2.24, 2.45) is 0 Å². The summed E-state index contributed by atoms with van der Waals surface area (Å²) in [5.74, 6) is 0.119. The van der Waals surface area contributed by atoms with Gasteiger partial charge in [-0.1, -0.05) is 23.7 Å². The number of hydrogen-bond donors (Lipinski definition) is 1. The van der Waals surface area contributed by atoms with Gasteiger partial charge in [0.05, 0.1) is 6.04 Å². The van der Waals surface area contributed by atoms with Gasteiger partial charge in [-0.3, -0.25) is 4.79 Å². The lowest BCUT2D eigenvalue weighted by Crippen LogP contribution is -2.52. The van der Waals surface area contributed by atoms with E-state index in [-0.39, 0.29) is 11.8 Å². The Balaban J connectivity index is 2.12. The summed E-state index contributed by atoms with van der Waals surface area (Å²) in [4.78, 5) is 14.3. The van der Waals surface area contributed by atoms with Crippen LogP contribution in [0.3, 0.4) is 0 Å². The Morgan fingerprint density at radius 3 is 3.06 bits per heavy atom. The van der Waals surface area contributed by atoms with Crippen molar-refractivity contribution in [3.05, 3.63) is 34.9 Å². The predicted molar refractivity (Wildman–Crippen MR) is 65.1 cm³/mol. The van der Waals surface area contributed by atoms with Crippen molar-refractivity contribution in [3.63, 3.8) is 0 Å². The molecule has 1 N–H and O–H groups in total. The van der Waals surface area contributed by atoms with Crippen LogP contribution < -0.4 is 5.32 Å². The van der Waals surface area contributed by atoms with Crippen molar-refractivity contribution in [1.29, 1.82) is 0 Å². The van der Waals surface area contributed by atoms with Gasteiger partial charge in [0.15, 0.2) is 5.78 Å². The van der Waals surface area contributed by atoms with Gasteiger partial charge in [0.2, 0.25) is 0 Å². The highest BCUT2D eigenvalue weighted by atomic mass is 35.5. The van der Waals surface area contributed by atoms with Gasteiger partial charge in [0.25, 0.3) is 0 Å². The van der Waals surface area contributed by atoms with E-state index in [0.717, 1.165) is 19.6 Å². The molecule has 1 fully saturated rings. The summed E-state index contributed by atoms with van der Waals surface area (Å²) in [5.41, 5.74) is 0.681. The molecule has 0 radical (unpaired) electrons. The monoisotopic (exact) mass is 238 g/mol. The molecule has 1 unspecified atom stereocenters. The average molecular weight is 239 g/mol. The van der Waals surface area contributed by atoms with Crippen LogP contribution in [0.2, 0.25) is 5.02 Å². The molecule has 1 heterocycles. The van der Waals surface area contributed by atoms with Crippen LogP contribution in [0.4, 0.5) is 0 Å². The van der Waals surface area contributed by atoms with Gasteiger partial charge in [0, 0.05) is 30.2 Å². The minimum atomic E-state index is -0.114. The summed E-state index contributed by atoms with van der Waals surface area (Å²) in [5, 5.41) is 3.84. The first kappa shape index (κ1) is 11.6. The van der Waals surface area contributed by atoms with Crippen molar-refractivity contribution in [1.82, 2.24) is 10.2 Å². The van der Waals surface area contributed by atoms with E-state index in [1.54, 1.807) is 12.1 Å². The van der Waals surface area contributed by atoms with Gasteiger partial charge in [-0.05, 0) is 19.2 Å². The molecule has 1 saturated heterocycles. The van der Waals surface area contributed by atoms with Gasteiger partial charge in [-0.25, -0.2) is 0 Å². The van der Waals surface area contributed by atoms with Crippen LogP contribution in [0.1, 0.15) is 10.4 Å². The van der Waals surface area contributed by atoms with Crippen LogP contribution in [-0.4, -0.2) is 43.4 Å². The van der Waals surface area contributed by atoms with E-state index < -0.39 is 0 Å². The molecule has 0 bridgehead atoms. The van der Waals surface area contributed by atoms with Crippen molar-refractivity contribution >= 4 is 17.4 Å². The number of rotatable bonds is 2. The van der Waals surface area contributed by atoms with Crippen molar-refractivity contribution in [3.8, 4) is 0 Å². The summed E-state index contributed by atoms with van der Waals surface area (Å²) in [7, 11) is 2.03. The normalized spacial score (nSPS) is 22.0. The summed E-state index contributed by atoms with van der Waals surface area (Å²) in [6.45, 7) is 2.60. The molecule has 1 atom stereocenters. The van der Waals surface area contributed by atoms with Gasteiger partial charge in [0.1, 0.15) is 0 Å². The van der Waals surface area contributed by atoms with Gasteiger partial charge < -0.3 is 10.2 Å².